The highest BCUT2D eigenvalue weighted by Gasteiger charge is 2.16. The standard InChI is InChI=1S/C11H21N5/c1-3-9-10(12)11(15(2)13-9)14-16-7-5-4-6-8-16/h14H,3-8,12H2,1-2H3. The normalized spacial score (nSPS) is 17.6. The fourth-order valence-electron chi connectivity index (χ4n) is 2.15. The van der Waals surface area contributed by atoms with E-state index in [-0.39, 0.29) is 0 Å². The van der Waals surface area contributed by atoms with Crippen molar-refractivity contribution in [1.29, 1.82) is 0 Å². The third kappa shape index (κ3) is 2.14. The van der Waals surface area contributed by atoms with Gasteiger partial charge >= 0.3 is 0 Å². The van der Waals surface area contributed by atoms with Crippen LogP contribution in [0.2, 0.25) is 0 Å². The molecule has 5 nitrogen and oxygen atoms in total. The van der Waals surface area contributed by atoms with Crippen LogP contribution in [0.3, 0.4) is 0 Å². The maximum atomic E-state index is 6.06. The van der Waals surface area contributed by atoms with Crippen molar-refractivity contribution in [3.8, 4) is 0 Å². The van der Waals surface area contributed by atoms with Gasteiger partial charge in [0.1, 0.15) is 0 Å². The molecule has 1 aromatic rings. The van der Waals surface area contributed by atoms with Crippen molar-refractivity contribution < 1.29 is 0 Å². The van der Waals surface area contributed by atoms with Crippen LogP contribution < -0.4 is 11.2 Å². The molecule has 1 saturated heterocycles. The summed E-state index contributed by atoms with van der Waals surface area (Å²) >= 11 is 0. The molecule has 1 aromatic heterocycles. The second-order valence-corrected chi connectivity index (χ2v) is 4.35. The molecule has 0 saturated carbocycles. The number of hydrogen-bond donors (Lipinski definition) is 2. The number of nitrogen functional groups attached to an aromatic ring is 1. The van der Waals surface area contributed by atoms with Gasteiger partial charge in [0.2, 0.25) is 0 Å². The van der Waals surface area contributed by atoms with E-state index in [0.717, 1.165) is 36.7 Å². The van der Waals surface area contributed by atoms with Crippen LogP contribution in [0.1, 0.15) is 31.9 Å². The van der Waals surface area contributed by atoms with E-state index in [1.165, 1.54) is 19.3 Å². The number of hydrazine groups is 1. The summed E-state index contributed by atoms with van der Waals surface area (Å²) in [6.07, 6.45) is 4.72. The number of nitrogens with two attached hydrogens (primary N) is 1. The van der Waals surface area contributed by atoms with Crippen LogP contribution in [0.15, 0.2) is 0 Å². The zero-order valence-electron chi connectivity index (χ0n) is 10.2. The average Bonchev–Trinajstić information content (AvgIpc) is 2.58. The number of rotatable bonds is 3. The predicted molar refractivity (Wildman–Crippen MR) is 66.0 cm³/mol. The number of aromatic nitrogens is 2. The fourth-order valence-corrected chi connectivity index (χ4v) is 2.15. The lowest BCUT2D eigenvalue weighted by Crippen LogP contribution is -2.35. The Morgan fingerprint density at radius 3 is 2.56 bits per heavy atom. The Morgan fingerprint density at radius 1 is 1.31 bits per heavy atom. The highest BCUT2D eigenvalue weighted by atomic mass is 15.5. The van der Waals surface area contributed by atoms with Gasteiger partial charge in [-0.25, -0.2) is 9.69 Å². The Labute approximate surface area is 96.6 Å². The lowest BCUT2D eigenvalue weighted by molar-refractivity contribution is 0.271. The van der Waals surface area contributed by atoms with Crippen LogP contribution >= 0.6 is 0 Å². The van der Waals surface area contributed by atoms with E-state index < -0.39 is 0 Å². The van der Waals surface area contributed by atoms with Crippen molar-refractivity contribution in [3.63, 3.8) is 0 Å². The summed E-state index contributed by atoms with van der Waals surface area (Å²) in [6.45, 7) is 4.25. The fraction of sp³-hybridized carbons (Fsp3) is 0.727. The van der Waals surface area contributed by atoms with E-state index in [1.54, 1.807) is 0 Å². The number of anilines is 2. The van der Waals surface area contributed by atoms with Gasteiger partial charge < -0.3 is 11.2 Å². The van der Waals surface area contributed by atoms with Gasteiger partial charge in [-0.2, -0.15) is 5.10 Å². The highest BCUT2D eigenvalue weighted by Crippen LogP contribution is 2.23. The molecule has 2 rings (SSSR count). The quantitative estimate of drug-likeness (QED) is 0.812. The van der Waals surface area contributed by atoms with Gasteiger partial charge in [-0.3, -0.25) is 0 Å². The predicted octanol–water partition coefficient (Wildman–Crippen LogP) is 1.38. The minimum absolute atomic E-state index is 0.788. The van der Waals surface area contributed by atoms with Gasteiger partial charge in [-0.05, 0) is 19.3 Å². The van der Waals surface area contributed by atoms with E-state index in [4.69, 9.17) is 5.73 Å². The molecule has 0 aliphatic carbocycles. The van der Waals surface area contributed by atoms with Crippen LogP contribution in [0, 0.1) is 0 Å². The maximum absolute atomic E-state index is 6.06. The van der Waals surface area contributed by atoms with Crippen molar-refractivity contribution in [1.82, 2.24) is 14.8 Å². The molecule has 2 heterocycles. The third-order valence-corrected chi connectivity index (χ3v) is 3.12. The van der Waals surface area contributed by atoms with Crippen molar-refractivity contribution >= 4 is 11.5 Å². The first-order valence-corrected chi connectivity index (χ1v) is 6.05. The number of aryl methyl sites for hydroxylation is 2. The summed E-state index contributed by atoms with van der Waals surface area (Å²) in [6, 6.07) is 0. The highest BCUT2D eigenvalue weighted by molar-refractivity contribution is 5.64. The first-order valence-electron chi connectivity index (χ1n) is 6.05. The van der Waals surface area contributed by atoms with Crippen LogP contribution in [0.4, 0.5) is 11.5 Å². The molecule has 0 aromatic carbocycles. The smallest absolute Gasteiger partial charge is 0.162 e. The third-order valence-electron chi connectivity index (χ3n) is 3.12. The second kappa shape index (κ2) is 4.74. The first kappa shape index (κ1) is 11.3. The molecule has 0 spiro atoms. The molecular weight excluding hydrogens is 202 g/mol. The van der Waals surface area contributed by atoms with E-state index >= 15 is 0 Å². The lowest BCUT2D eigenvalue weighted by atomic mass is 10.2. The Hall–Kier alpha value is -1.23. The molecule has 0 unspecified atom stereocenters. The van der Waals surface area contributed by atoms with Crippen molar-refractivity contribution in [3.05, 3.63) is 5.69 Å². The molecule has 0 radical (unpaired) electrons. The number of hydrogen-bond acceptors (Lipinski definition) is 4. The molecular formula is C11H21N5. The summed E-state index contributed by atoms with van der Waals surface area (Å²) in [7, 11) is 1.93. The Morgan fingerprint density at radius 2 is 2.00 bits per heavy atom. The zero-order chi connectivity index (χ0) is 11.5. The number of piperidine rings is 1. The van der Waals surface area contributed by atoms with E-state index in [1.807, 2.05) is 11.7 Å². The minimum Gasteiger partial charge on any atom is -0.394 e. The first-order chi connectivity index (χ1) is 7.72. The average molecular weight is 223 g/mol. The second-order valence-electron chi connectivity index (χ2n) is 4.35. The molecule has 1 fully saturated rings. The van der Waals surface area contributed by atoms with Gasteiger partial charge in [0.25, 0.3) is 0 Å². The van der Waals surface area contributed by atoms with Gasteiger partial charge in [0.05, 0.1) is 11.4 Å². The largest absolute Gasteiger partial charge is 0.394 e. The van der Waals surface area contributed by atoms with Crippen molar-refractivity contribution in [2.75, 3.05) is 24.2 Å². The van der Waals surface area contributed by atoms with Gasteiger partial charge in [-0.1, -0.05) is 13.3 Å². The topological polar surface area (TPSA) is 59.1 Å². The maximum Gasteiger partial charge on any atom is 0.162 e. The van der Waals surface area contributed by atoms with Crippen LogP contribution in [0.25, 0.3) is 0 Å². The summed E-state index contributed by atoms with van der Waals surface area (Å²) in [5.41, 5.74) is 11.2. The molecule has 5 heteroatoms. The summed E-state index contributed by atoms with van der Waals surface area (Å²) < 4.78 is 1.84. The molecule has 16 heavy (non-hydrogen) atoms. The minimum atomic E-state index is 0.788. The molecule has 3 N–H and O–H groups in total. The molecule has 90 valence electrons. The van der Waals surface area contributed by atoms with Crippen molar-refractivity contribution in [2.24, 2.45) is 7.05 Å². The molecule has 1 aliphatic heterocycles. The zero-order valence-corrected chi connectivity index (χ0v) is 10.2. The Balaban J connectivity index is 2.10. The Bertz CT molecular complexity index is 352. The molecule has 0 bridgehead atoms. The summed E-state index contributed by atoms with van der Waals surface area (Å²) in [5.74, 6) is 0.929. The van der Waals surface area contributed by atoms with Gasteiger partial charge in [0, 0.05) is 20.1 Å². The molecule has 1 aliphatic rings. The summed E-state index contributed by atoms with van der Waals surface area (Å²) in [4.78, 5) is 0. The van der Waals surface area contributed by atoms with Gasteiger partial charge in [0.15, 0.2) is 5.82 Å². The van der Waals surface area contributed by atoms with Gasteiger partial charge in [-0.15, -0.1) is 0 Å². The van der Waals surface area contributed by atoms with E-state index in [9.17, 15) is 0 Å². The summed E-state index contributed by atoms with van der Waals surface area (Å²) in [5, 5.41) is 6.63. The monoisotopic (exact) mass is 223 g/mol. The van der Waals surface area contributed by atoms with E-state index in [2.05, 4.69) is 22.5 Å². The van der Waals surface area contributed by atoms with E-state index in [0.29, 0.717) is 0 Å². The SMILES string of the molecule is CCc1nn(C)c(NN2CCCCC2)c1N. The number of nitrogens with one attached hydrogen (secondary N) is 1. The molecule has 0 amide bonds. The van der Waals surface area contributed by atoms with Crippen LogP contribution in [-0.2, 0) is 13.5 Å². The Kier molecular flexibility index (Phi) is 3.33. The van der Waals surface area contributed by atoms with Crippen LogP contribution in [0.5, 0.6) is 0 Å². The van der Waals surface area contributed by atoms with Crippen LogP contribution in [-0.4, -0.2) is 27.9 Å². The lowest BCUT2D eigenvalue weighted by Gasteiger charge is -2.27. The van der Waals surface area contributed by atoms with Crippen molar-refractivity contribution in [2.45, 2.75) is 32.6 Å². The molecule has 0 atom stereocenters. The number of nitrogens with zero attached hydrogens (tertiary/aromatic N) is 3.